The lowest BCUT2D eigenvalue weighted by Crippen LogP contribution is -2.14. The van der Waals surface area contributed by atoms with E-state index < -0.39 is 0 Å². The normalized spacial score (nSPS) is 15.7. The minimum atomic E-state index is -0.0483. The molecule has 31 heavy (non-hydrogen) atoms. The van der Waals surface area contributed by atoms with Gasteiger partial charge in [-0.15, -0.1) is 21.5 Å². The number of thiophene rings is 1. The predicted octanol–water partition coefficient (Wildman–Crippen LogP) is 5.55. The summed E-state index contributed by atoms with van der Waals surface area (Å²) in [5.41, 5.74) is 3.47. The van der Waals surface area contributed by atoms with Crippen LogP contribution in [0.25, 0.3) is 22.2 Å². The Morgan fingerprint density at radius 1 is 1.23 bits per heavy atom. The number of carbonyl (C=O) groups is 1. The van der Waals surface area contributed by atoms with E-state index in [9.17, 15) is 4.79 Å². The van der Waals surface area contributed by atoms with Crippen molar-refractivity contribution < 1.29 is 4.79 Å². The molecule has 2 aromatic carbocycles. The van der Waals surface area contributed by atoms with Gasteiger partial charge in [0.05, 0.1) is 5.75 Å². The van der Waals surface area contributed by atoms with Crippen LogP contribution < -0.4 is 5.32 Å². The smallest absolute Gasteiger partial charge is 0.234 e. The number of aromatic nitrogens is 3. The third kappa shape index (κ3) is 4.00. The van der Waals surface area contributed by atoms with E-state index >= 15 is 0 Å². The number of nitrogens with one attached hydrogen (secondary N) is 1. The second-order valence-electron chi connectivity index (χ2n) is 8.13. The average Bonchev–Trinajstić information content (AvgIpc) is 3.35. The summed E-state index contributed by atoms with van der Waals surface area (Å²) in [5, 5.41) is 17.0. The zero-order valence-electron chi connectivity index (χ0n) is 17.6. The summed E-state index contributed by atoms with van der Waals surface area (Å²) in [6, 6.07) is 14.0. The van der Waals surface area contributed by atoms with Gasteiger partial charge < -0.3 is 9.88 Å². The van der Waals surface area contributed by atoms with E-state index in [1.807, 2.05) is 65.4 Å². The van der Waals surface area contributed by atoms with E-state index in [-0.39, 0.29) is 11.7 Å². The first-order chi connectivity index (χ1) is 15.1. The second-order valence-corrected chi connectivity index (χ2v) is 10.0. The third-order valence-electron chi connectivity index (χ3n) is 5.87. The Balaban J connectivity index is 1.29. The fraction of sp³-hybridized carbons (Fsp3) is 0.292. The number of hydrogen-bond acceptors (Lipinski definition) is 5. The van der Waals surface area contributed by atoms with Gasteiger partial charge in [-0.3, -0.25) is 4.79 Å². The van der Waals surface area contributed by atoms with E-state index in [1.165, 1.54) is 34.2 Å². The maximum atomic E-state index is 12.6. The summed E-state index contributed by atoms with van der Waals surface area (Å²) in [6.45, 7) is 2.32. The second kappa shape index (κ2) is 8.48. The first-order valence-electron chi connectivity index (χ1n) is 10.5. The number of rotatable bonds is 5. The predicted molar refractivity (Wildman–Crippen MR) is 129 cm³/mol. The summed E-state index contributed by atoms with van der Waals surface area (Å²) in [6.07, 6.45) is 3.50. The topological polar surface area (TPSA) is 59.8 Å². The van der Waals surface area contributed by atoms with Crippen molar-refractivity contribution in [2.45, 2.75) is 31.3 Å². The number of carbonyl (C=O) groups excluding carboxylic acids is 1. The van der Waals surface area contributed by atoms with Crippen LogP contribution in [0, 0.1) is 5.92 Å². The van der Waals surface area contributed by atoms with Gasteiger partial charge >= 0.3 is 0 Å². The van der Waals surface area contributed by atoms with Crippen molar-refractivity contribution in [1.82, 2.24) is 14.8 Å². The average molecular weight is 449 g/mol. The lowest BCUT2D eigenvalue weighted by molar-refractivity contribution is -0.113. The van der Waals surface area contributed by atoms with Gasteiger partial charge in [0.2, 0.25) is 5.91 Å². The van der Waals surface area contributed by atoms with Crippen LogP contribution in [0.5, 0.6) is 0 Å². The highest BCUT2D eigenvalue weighted by molar-refractivity contribution is 7.99. The lowest BCUT2D eigenvalue weighted by atomic mass is 9.88. The molecule has 0 bridgehead atoms. The largest absolute Gasteiger partial charge is 0.325 e. The van der Waals surface area contributed by atoms with Gasteiger partial charge in [-0.05, 0) is 42.2 Å². The van der Waals surface area contributed by atoms with Gasteiger partial charge in [-0.2, -0.15) is 0 Å². The molecule has 1 unspecified atom stereocenters. The van der Waals surface area contributed by atoms with Crippen LogP contribution in [0.4, 0.5) is 5.69 Å². The Labute approximate surface area is 189 Å². The molecule has 1 atom stereocenters. The molecule has 1 amide bonds. The Morgan fingerprint density at radius 3 is 2.97 bits per heavy atom. The van der Waals surface area contributed by atoms with Crippen LogP contribution in [-0.2, 0) is 24.7 Å². The molecule has 0 spiro atoms. The SMILES string of the molecule is CC1CCc2c(-c3nnc(SCC(=O)Nc4cccc5ccccc45)n3C)csc2C1. The molecule has 158 valence electrons. The lowest BCUT2D eigenvalue weighted by Gasteiger charge is -2.18. The summed E-state index contributed by atoms with van der Waals surface area (Å²) in [4.78, 5) is 14.1. The molecule has 0 radical (unpaired) electrons. The van der Waals surface area contributed by atoms with E-state index in [2.05, 4.69) is 27.8 Å². The van der Waals surface area contributed by atoms with Crippen molar-refractivity contribution >= 4 is 45.5 Å². The van der Waals surface area contributed by atoms with Crippen molar-refractivity contribution in [2.75, 3.05) is 11.1 Å². The number of nitrogens with zero attached hydrogens (tertiary/aromatic N) is 3. The van der Waals surface area contributed by atoms with Crippen molar-refractivity contribution in [3.63, 3.8) is 0 Å². The Bertz CT molecular complexity index is 1250. The van der Waals surface area contributed by atoms with Crippen molar-refractivity contribution in [2.24, 2.45) is 13.0 Å². The molecule has 2 heterocycles. The van der Waals surface area contributed by atoms with Crippen molar-refractivity contribution in [3.8, 4) is 11.4 Å². The van der Waals surface area contributed by atoms with Crippen LogP contribution in [0.2, 0.25) is 0 Å². The van der Waals surface area contributed by atoms with Crippen LogP contribution >= 0.6 is 23.1 Å². The van der Waals surface area contributed by atoms with Crippen LogP contribution in [0.1, 0.15) is 23.8 Å². The Hall–Kier alpha value is -2.64. The van der Waals surface area contributed by atoms with Crippen LogP contribution in [-0.4, -0.2) is 26.4 Å². The number of thioether (sulfide) groups is 1. The third-order valence-corrected chi connectivity index (χ3v) is 7.95. The molecule has 5 nitrogen and oxygen atoms in total. The van der Waals surface area contributed by atoms with Crippen molar-refractivity contribution in [3.05, 3.63) is 58.3 Å². The standard InChI is InChI=1S/C24H24N4OS2/c1-15-10-11-18-19(13-30-21(18)12-15)23-26-27-24(28(23)2)31-14-22(29)25-20-9-5-7-16-6-3-4-8-17(16)20/h3-9,13,15H,10-12,14H2,1-2H3,(H,25,29). The molecule has 7 heteroatoms. The fourth-order valence-electron chi connectivity index (χ4n) is 4.19. The molecule has 2 aromatic heterocycles. The van der Waals surface area contributed by atoms with E-state index in [0.717, 1.165) is 46.2 Å². The van der Waals surface area contributed by atoms with Gasteiger partial charge in [0.25, 0.3) is 0 Å². The molecule has 1 aliphatic rings. The van der Waals surface area contributed by atoms with Gasteiger partial charge in [0, 0.05) is 33.9 Å². The molecule has 5 rings (SSSR count). The van der Waals surface area contributed by atoms with E-state index in [1.54, 1.807) is 0 Å². The number of anilines is 1. The molecule has 4 aromatic rings. The van der Waals surface area contributed by atoms with Crippen LogP contribution in [0.3, 0.4) is 0 Å². The number of amides is 1. The highest BCUT2D eigenvalue weighted by Gasteiger charge is 2.23. The molecule has 0 fully saturated rings. The summed E-state index contributed by atoms with van der Waals surface area (Å²) >= 11 is 3.25. The number of fused-ring (bicyclic) bond motifs is 2. The highest BCUT2D eigenvalue weighted by atomic mass is 32.2. The first-order valence-corrected chi connectivity index (χ1v) is 12.4. The van der Waals surface area contributed by atoms with Crippen LogP contribution in [0.15, 0.2) is 53.0 Å². The minimum Gasteiger partial charge on any atom is -0.325 e. The maximum Gasteiger partial charge on any atom is 0.234 e. The quantitative estimate of drug-likeness (QED) is 0.407. The molecule has 1 N–H and O–H groups in total. The molecule has 0 saturated carbocycles. The molecule has 1 aliphatic carbocycles. The monoisotopic (exact) mass is 448 g/mol. The van der Waals surface area contributed by atoms with Crippen molar-refractivity contribution in [1.29, 1.82) is 0 Å². The minimum absolute atomic E-state index is 0.0483. The van der Waals surface area contributed by atoms with E-state index in [0.29, 0.717) is 0 Å². The molecule has 0 aliphatic heterocycles. The van der Waals surface area contributed by atoms with Gasteiger partial charge in [0.15, 0.2) is 11.0 Å². The number of benzene rings is 2. The molecular formula is C24H24N4OS2. The van der Waals surface area contributed by atoms with Gasteiger partial charge in [-0.1, -0.05) is 55.1 Å². The zero-order valence-corrected chi connectivity index (χ0v) is 19.2. The first kappa shape index (κ1) is 20.3. The van der Waals surface area contributed by atoms with E-state index in [4.69, 9.17) is 0 Å². The number of hydrogen-bond donors (Lipinski definition) is 1. The maximum absolute atomic E-state index is 12.6. The Morgan fingerprint density at radius 2 is 2.06 bits per heavy atom. The van der Waals surface area contributed by atoms with Gasteiger partial charge in [0.1, 0.15) is 0 Å². The fourth-order valence-corrected chi connectivity index (χ4v) is 6.14. The highest BCUT2D eigenvalue weighted by Crippen LogP contribution is 2.38. The molecule has 0 saturated heterocycles. The summed E-state index contributed by atoms with van der Waals surface area (Å²) < 4.78 is 2.01. The molecular weight excluding hydrogens is 424 g/mol. The Kier molecular flexibility index (Phi) is 5.54. The zero-order chi connectivity index (χ0) is 21.4. The summed E-state index contributed by atoms with van der Waals surface area (Å²) in [5.74, 6) is 1.88. The summed E-state index contributed by atoms with van der Waals surface area (Å²) in [7, 11) is 1.98. The van der Waals surface area contributed by atoms with Gasteiger partial charge in [-0.25, -0.2) is 0 Å².